The molecule has 0 unspecified atom stereocenters. The molecule has 0 aromatic heterocycles. The second-order valence-corrected chi connectivity index (χ2v) is 3.81. The fourth-order valence-corrected chi connectivity index (χ4v) is 1.38. The third-order valence-electron chi connectivity index (χ3n) is 2.56. The van der Waals surface area contributed by atoms with E-state index in [1.54, 1.807) is 26.8 Å². The molecule has 80 valence electrons. The molecule has 2 radical (unpaired) electrons. The lowest BCUT2D eigenvalue weighted by Crippen LogP contribution is -1.90. The van der Waals surface area contributed by atoms with Crippen molar-refractivity contribution < 1.29 is 10.2 Å². The van der Waals surface area contributed by atoms with Gasteiger partial charge in [0, 0.05) is 5.56 Å². The van der Waals surface area contributed by atoms with Gasteiger partial charge < -0.3 is 10.2 Å². The third-order valence-corrected chi connectivity index (χ3v) is 2.56. The van der Waals surface area contributed by atoms with Crippen LogP contribution in [0.1, 0.15) is 23.6 Å². The van der Waals surface area contributed by atoms with Crippen LogP contribution in [0.3, 0.4) is 0 Å². The average molecular weight is 204 g/mol. The zero-order valence-electron chi connectivity index (χ0n) is 9.33. The normalized spacial score (nSPS) is 11.9. The van der Waals surface area contributed by atoms with Gasteiger partial charge in [-0.05, 0) is 51.3 Å². The van der Waals surface area contributed by atoms with E-state index in [0.717, 1.165) is 0 Å². The van der Waals surface area contributed by atoms with Crippen LogP contribution in [0.2, 0.25) is 0 Å². The van der Waals surface area contributed by atoms with Gasteiger partial charge in [-0.3, -0.25) is 0 Å². The van der Waals surface area contributed by atoms with Crippen LogP contribution >= 0.6 is 0 Å². The molecule has 0 bridgehead atoms. The van der Waals surface area contributed by atoms with Gasteiger partial charge >= 0.3 is 0 Å². The van der Waals surface area contributed by atoms with Crippen LogP contribution in [0.5, 0.6) is 11.5 Å². The van der Waals surface area contributed by atoms with Crippen LogP contribution in [0.25, 0.3) is 0 Å². The van der Waals surface area contributed by atoms with Crippen LogP contribution in [0, 0.1) is 20.8 Å². The Balaban J connectivity index is 3.15. The van der Waals surface area contributed by atoms with E-state index in [9.17, 15) is 10.2 Å². The maximum atomic E-state index is 9.83. The monoisotopic (exact) mass is 204 g/mol. The lowest BCUT2D eigenvalue weighted by molar-refractivity contribution is 0.448. The number of allylic oxidation sites excluding steroid dienone is 2. The number of hydrogen-bond acceptors (Lipinski definition) is 2. The van der Waals surface area contributed by atoms with Gasteiger partial charge in [0.25, 0.3) is 0 Å². The Morgan fingerprint density at radius 3 is 2.47 bits per heavy atom. The number of hydrogen-bond donors (Lipinski definition) is 2. The second-order valence-electron chi connectivity index (χ2n) is 3.81. The van der Waals surface area contributed by atoms with Crippen molar-refractivity contribution in [1.29, 1.82) is 0 Å². The molecular formula is C13H16O2. The van der Waals surface area contributed by atoms with Crippen molar-refractivity contribution in [2.24, 2.45) is 0 Å². The van der Waals surface area contributed by atoms with Crippen LogP contribution < -0.4 is 0 Å². The van der Waals surface area contributed by atoms with Gasteiger partial charge in [-0.25, -0.2) is 0 Å². The Kier molecular flexibility index (Phi) is 3.40. The van der Waals surface area contributed by atoms with Gasteiger partial charge in [0.05, 0.1) is 0 Å². The van der Waals surface area contributed by atoms with E-state index in [-0.39, 0.29) is 11.5 Å². The van der Waals surface area contributed by atoms with Crippen LogP contribution in [-0.2, 0) is 6.42 Å². The fourth-order valence-electron chi connectivity index (χ4n) is 1.38. The van der Waals surface area contributed by atoms with Gasteiger partial charge in [-0.15, -0.1) is 0 Å². The topological polar surface area (TPSA) is 40.5 Å². The van der Waals surface area contributed by atoms with Gasteiger partial charge in [0.15, 0.2) is 0 Å². The van der Waals surface area contributed by atoms with Crippen molar-refractivity contribution >= 4 is 0 Å². The summed E-state index contributed by atoms with van der Waals surface area (Å²) in [6, 6.07) is 1.58. The molecule has 0 atom stereocenters. The minimum atomic E-state index is 0.211. The van der Waals surface area contributed by atoms with E-state index in [4.69, 9.17) is 6.92 Å². The Morgan fingerprint density at radius 1 is 1.33 bits per heavy atom. The summed E-state index contributed by atoms with van der Waals surface area (Å²) in [5.74, 6) is 0.450. The number of aromatic hydroxyl groups is 2. The van der Waals surface area contributed by atoms with Crippen LogP contribution in [0.15, 0.2) is 17.7 Å². The van der Waals surface area contributed by atoms with Gasteiger partial charge in [-0.2, -0.15) is 0 Å². The van der Waals surface area contributed by atoms with Gasteiger partial charge in [0.2, 0.25) is 0 Å². The van der Waals surface area contributed by atoms with E-state index in [1.807, 2.05) is 6.08 Å². The molecule has 2 N–H and O–H groups in total. The summed E-state index contributed by atoms with van der Waals surface area (Å²) in [4.78, 5) is 0. The van der Waals surface area contributed by atoms with Crippen molar-refractivity contribution in [2.45, 2.75) is 27.2 Å². The summed E-state index contributed by atoms with van der Waals surface area (Å²) in [6.07, 6.45) is 2.34. The molecule has 2 nitrogen and oxygen atoms in total. The van der Waals surface area contributed by atoms with Crippen LogP contribution in [-0.4, -0.2) is 10.2 Å². The van der Waals surface area contributed by atoms with E-state index in [1.165, 1.54) is 0 Å². The summed E-state index contributed by atoms with van der Waals surface area (Å²) >= 11 is 0. The largest absolute Gasteiger partial charge is 0.508 e. The predicted octanol–water partition coefficient (Wildman–Crippen LogP) is 2.91. The number of phenols is 2. The van der Waals surface area contributed by atoms with E-state index < -0.39 is 0 Å². The molecular weight excluding hydrogens is 188 g/mol. The molecule has 2 heteroatoms. The molecule has 0 saturated carbocycles. The quantitative estimate of drug-likeness (QED) is 0.727. The molecule has 15 heavy (non-hydrogen) atoms. The highest BCUT2D eigenvalue weighted by Gasteiger charge is 2.09. The maximum absolute atomic E-state index is 9.83. The van der Waals surface area contributed by atoms with Crippen molar-refractivity contribution in [3.8, 4) is 11.5 Å². The van der Waals surface area contributed by atoms with Crippen LogP contribution in [0.4, 0.5) is 0 Å². The van der Waals surface area contributed by atoms with E-state index in [0.29, 0.717) is 28.7 Å². The van der Waals surface area contributed by atoms with E-state index in [2.05, 4.69) is 0 Å². The molecule has 0 spiro atoms. The Hall–Kier alpha value is -1.44. The highest BCUT2D eigenvalue weighted by atomic mass is 16.3. The fraction of sp³-hybridized carbons (Fsp3) is 0.308. The Labute approximate surface area is 90.9 Å². The molecule has 0 saturated heterocycles. The standard InChI is InChI=1S/C13H16O2/c1-8(2)5-6-11-7-12(14)9(3)10(4)13(11)15/h1,5,7,14-15H,6H2,2-4H3/b8-5-. The van der Waals surface area contributed by atoms with Crippen molar-refractivity contribution in [3.63, 3.8) is 0 Å². The van der Waals surface area contributed by atoms with Crippen molar-refractivity contribution in [3.05, 3.63) is 41.3 Å². The number of phenolic OH excluding ortho intramolecular Hbond substituents is 2. The lowest BCUT2D eigenvalue weighted by Gasteiger charge is -2.10. The summed E-state index contributed by atoms with van der Waals surface area (Å²) in [7, 11) is 0. The maximum Gasteiger partial charge on any atom is 0.122 e. The molecule has 0 aliphatic rings. The predicted molar refractivity (Wildman–Crippen MR) is 61.0 cm³/mol. The lowest BCUT2D eigenvalue weighted by atomic mass is 10.0. The molecule has 0 heterocycles. The SMILES string of the molecule is [CH]/C(C)=C/Cc1cc(O)c(C)c(C)c1O. The van der Waals surface area contributed by atoms with Gasteiger partial charge in [0.1, 0.15) is 11.5 Å². The van der Waals surface area contributed by atoms with E-state index >= 15 is 0 Å². The molecule has 0 amide bonds. The zero-order valence-corrected chi connectivity index (χ0v) is 9.33. The molecule has 0 fully saturated rings. The summed E-state index contributed by atoms with van der Waals surface area (Å²) in [5, 5.41) is 19.4. The zero-order chi connectivity index (χ0) is 11.6. The molecule has 1 aromatic rings. The molecule has 0 aliphatic heterocycles. The number of rotatable bonds is 2. The summed E-state index contributed by atoms with van der Waals surface area (Å²) in [6.45, 7) is 10.9. The summed E-state index contributed by atoms with van der Waals surface area (Å²) in [5.41, 5.74) is 2.82. The third kappa shape index (κ3) is 2.52. The first kappa shape index (κ1) is 11.6. The molecule has 0 aliphatic carbocycles. The first-order valence-corrected chi connectivity index (χ1v) is 4.86. The second kappa shape index (κ2) is 4.39. The minimum Gasteiger partial charge on any atom is -0.508 e. The highest BCUT2D eigenvalue weighted by Crippen LogP contribution is 2.32. The first-order chi connectivity index (χ1) is 6.93. The summed E-state index contributed by atoms with van der Waals surface area (Å²) < 4.78 is 0. The van der Waals surface area contributed by atoms with Crippen molar-refractivity contribution in [2.75, 3.05) is 0 Å². The smallest absolute Gasteiger partial charge is 0.122 e. The first-order valence-electron chi connectivity index (χ1n) is 4.86. The Bertz CT molecular complexity index is 399. The van der Waals surface area contributed by atoms with Crippen molar-refractivity contribution in [1.82, 2.24) is 0 Å². The molecule has 1 aromatic carbocycles. The Morgan fingerprint density at radius 2 is 1.93 bits per heavy atom. The van der Waals surface area contributed by atoms with Gasteiger partial charge in [-0.1, -0.05) is 11.6 Å². The highest BCUT2D eigenvalue weighted by molar-refractivity contribution is 5.51. The molecule has 1 rings (SSSR count). The average Bonchev–Trinajstić information content (AvgIpc) is 2.18. The number of benzene rings is 1. The minimum absolute atomic E-state index is 0.211.